The Labute approximate surface area is 117 Å². The number of nitrogens with two attached hydrogens (primary N) is 1. The molecule has 0 aliphatic heterocycles. The van der Waals surface area contributed by atoms with E-state index in [-0.39, 0.29) is 24.8 Å². The molecule has 6 heteroatoms. The largest absolute Gasteiger partial charge is 0.480 e. The molecule has 3 N–H and O–H groups in total. The Morgan fingerprint density at radius 3 is 2.67 bits per heavy atom. The smallest absolute Gasteiger partial charge is 0.320 e. The maximum atomic E-state index is 10.7. The summed E-state index contributed by atoms with van der Waals surface area (Å²) < 4.78 is 0. The SMILES string of the molecule is Cl.Cl.N[C@@H](Cc1cccc2ncccc12)C(=O)O. The van der Waals surface area contributed by atoms with Gasteiger partial charge in [-0.3, -0.25) is 9.78 Å². The first-order chi connectivity index (χ1) is 7.68. The van der Waals surface area contributed by atoms with Crippen molar-refractivity contribution in [3.05, 3.63) is 42.1 Å². The van der Waals surface area contributed by atoms with Crippen molar-refractivity contribution in [1.82, 2.24) is 4.98 Å². The number of halogens is 2. The number of aromatic nitrogens is 1. The third kappa shape index (κ3) is 3.57. The zero-order chi connectivity index (χ0) is 11.5. The number of hydrogen-bond donors (Lipinski definition) is 2. The molecule has 18 heavy (non-hydrogen) atoms. The van der Waals surface area contributed by atoms with Gasteiger partial charge in [-0.1, -0.05) is 18.2 Å². The lowest BCUT2D eigenvalue weighted by molar-refractivity contribution is -0.138. The standard InChI is InChI=1S/C12H12N2O2.2ClH/c13-10(12(15)16)7-8-3-1-5-11-9(8)4-2-6-14-11;;/h1-6,10H,7,13H2,(H,15,16);2*1H/t10-;;/m0../s1. The molecular formula is C12H14Cl2N2O2. The van der Waals surface area contributed by atoms with Crippen LogP contribution in [0.2, 0.25) is 0 Å². The van der Waals surface area contributed by atoms with E-state index >= 15 is 0 Å². The van der Waals surface area contributed by atoms with Crippen LogP contribution in [0.25, 0.3) is 10.9 Å². The Hall–Kier alpha value is -1.36. The summed E-state index contributed by atoms with van der Waals surface area (Å²) in [5.74, 6) is -0.985. The van der Waals surface area contributed by atoms with Gasteiger partial charge in [0.1, 0.15) is 6.04 Å². The fraction of sp³-hybridized carbons (Fsp3) is 0.167. The van der Waals surface area contributed by atoms with Gasteiger partial charge in [0.15, 0.2) is 0 Å². The van der Waals surface area contributed by atoms with Gasteiger partial charge in [0.2, 0.25) is 0 Å². The lowest BCUT2D eigenvalue weighted by atomic mass is 10.0. The highest BCUT2D eigenvalue weighted by atomic mass is 35.5. The molecule has 0 radical (unpaired) electrons. The second-order valence-corrected chi connectivity index (χ2v) is 3.64. The molecule has 98 valence electrons. The van der Waals surface area contributed by atoms with E-state index in [1.54, 1.807) is 6.20 Å². The molecule has 2 aromatic rings. The van der Waals surface area contributed by atoms with Gasteiger partial charge in [0.05, 0.1) is 5.52 Å². The summed E-state index contributed by atoms with van der Waals surface area (Å²) in [4.78, 5) is 14.9. The van der Waals surface area contributed by atoms with E-state index in [2.05, 4.69) is 4.98 Å². The number of carboxylic acids is 1. The van der Waals surface area contributed by atoms with Crippen molar-refractivity contribution in [3.8, 4) is 0 Å². The first kappa shape index (κ1) is 16.6. The van der Waals surface area contributed by atoms with Crippen LogP contribution in [0, 0.1) is 0 Å². The predicted molar refractivity (Wildman–Crippen MR) is 75.6 cm³/mol. The highest BCUT2D eigenvalue weighted by molar-refractivity contribution is 5.85. The number of pyridine rings is 1. The molecule has 0 unspecified atom stereocenters. The lowest BCUT2D eigenvalue weighted by Crippen LogP contribution is -2.32. The maximum absolute atomic E-state index is 10.7. The minimum absolute atomic E-state index is 0. The fourth-order valence-corrected chi connectivity index (χ4v) is 1.67. The molecule has 1 aromatic carbocycles. The van der Waals surface area contributed by atoms with Gasteiger partial charge in [-0.25, -0.2) is 0 Å². The predicted octanol–water partition coefficient (Wildman–Crippen LogP) is 2.03. The van der Waals surface area contributed by atoms with Crippen molar-refractivity contribution in [2.45, 2.75) is 12.5 Å². The van der Waals surface area contributed by atoms with Gasteiger partial charge in [-0.15, -0.1) is 24.8 Å². The van der Waals surface area contributed by atoms with Crippen molar-refractivity contribution in [2.24, 2.45) is 5.73 Å². The second kappa shape index (κ2) is 7.16. The number of hydrogen-bond acceptors (Lipinski definition) is 3. The fourth-order valence-electron chi connectivity index (χ4n) is 1.67. The van der Waals surface area contributed by atoms with E-state index in [1.165, 1.54) is 0 Å². The second-order valence-electron chi connectivity index (χ2n) is 3.64. The average molecular weight is 289 g/mol. The molecule has 0 amide bonds. The highest BCUT2D eigenvalue weighted by Crippen LogP contribution is 2.17. The number of aliphatic carboxylic acids is 1. The summed E-state index contributed by atoms with van der Waals surface area (Å²) in [6.07, 6.45) is 2.03. The number of rotatable bonds is 3. The summed E-state index contributed by atoms with van der Waals surface area (Å²) in [7, 11) is 0. The molecule has 0 aliphatic rings. The summed E-state index contributed by atoms with van der Waals surface area (Å²) in [5, 5.41) is 9.73. The Morgan fingerprint density at radius 1 is 1.28 bits per heavy atom. The number of carbonyl (C=O) groups is 1. The molecule has 0 saturated carbocycles. The number of nitrogens with zero attached hydrogens (tertiary/aromatic N) is 1. The zero-order valence-corrected chi connectivity index (χ0v) is 11.1. The van der Waals surface area contributed by atoms with Crippen LogP contribution in [-0.2, 0) is 11.2 Å². The van der Waals surface area contributed by atoms with Crippen molar-refractivity contribution in [2.75, 3.05) is 0 Å². The minimum Gasteiger partial charge on any atom is -0.480 e. The molecule has 0 fully saturated rings. The number of fused-ring (bicyclic) bond motifs is 1. The molecule has 1 heterocycles. The van der Waals surface area contributed by atoms with Crippen molar-refractivity contribution in [1.29, 1.82) is 0 Å². The van der Waals surface area contributed by atoms with E-state index in [0.29, 0.717) is 6.42 Å². The minimum atomic E-state index is -0.985. The van der Waals surface area contributed by atoms with E-state index in [9.17, 15) is 4.79 Å². The molecule has 4 nitrogen and oxygen atoms in total. The summed E-state index contributed by atoms with van der Waals surface area (Å²) in [6.45, 7) is 0. The van der Waals surface area contributed by atoms with Crippen LogP contribution < -0.4 is 5.73 Å². The van der Waals surface area contributed by atoms with Gasteiger partial charge < -0.3 is 10.8 Å². The van der Waals surface area contributed by atoms with Crippen molar-refractivity contribution >= 4 is 41.7 Å². The molecule has 2 rings (SSSR count). The first-order valence-electron chi connectivity index (χ1n) is 4.99. The van der Waals surface area contributed by atoms with Gasteiger partial charge in [-0.2, -0.15) is 0 Å². The molecule has 0 saturated heterocycles. The average Bonchev–Trinajstić information content (AvgIpc) is 2.29. The van der Waals surface area contributed by atoms with Gasteiger partial charge in [0.25, 0.3) is 0 Å². The van der Waals surface area contributed by atoms with Gasteiger partial charge in [-0.05, 0) is 24.1 Å². The lowest BCUT2D eigenvalue weighted by Gasteiger charge is -2.08. The normalized spacial score (nSPS) is 11.2. The topological polar surface area (TPSA) is 76.2 Å². The van der Waals surface area contributed by atoms with Crippen LogP contribution in [0.5, 0.6) is 0 Å². The van der Waals surface area contributed by atoms with Crippen molar-refractivity contribution in [3.63, 3.8) is 0 Å². The molecule has 0 aliphatic carbocycles. The van der Waals surface area contributed by atoms with Crippen LogP contribution in [0.1, 0.15) is 5.56 Å². The van der Waals surface area contributed by atoms with E-state index in [0.717, 1.165) is 16.5 Å². The first-order valence-corrected chi connectivity index (χ1v) is 4.99. The van der Waals surface area contributed by atoms with Crippen molar-refractivity contribution < 1.29 is 9.90 Å². The quantitative estimate of drug-likeness (QED) is 0.906. The van der Waals surface area contributed by atoms with Crippen LogP contribution >= 0.6 is 24.8 Å². The Kier molecular flexibility index (Phi) is 6.62. The third-order valence-electron chi connectivity index (χ3n) is 2.49. The molecule has 1 aromatic heterocycles. The monoisotopic (exact) mass is 288 g/mol. The number of carboxylic acid groups (broad SMARTS) is 1. The number of benzene rings is 1. The summed E-state index contributed by atoms with van der Waals surface area (Å²) in [6, 6.07) is 8.52. The third-order valence-corrected chi connectivity index (χ3v) is 2.49. The summed E-state index contributed by atoms with van der Waals surface area (Å²) >= 11 is 0. The maximum Gasteiger partial charge on any atom is 0.320 e. The van der Waals surface area contributed by atoms with E-state index in [1.807, 2.05) is 30.3 Å². The Morgan fingerprint density at radius 2 is 2.00 bits per heavy atom. The zero-order valence-electron chi connectivity index (χ0n) is 9.45. The Balaban J connectivity index is 0.00000144. The van der Waals surface area contributed by atoms with E-state index in [4.69, 9.17) is 10.8 Å². The van der Waals surface area contributed by atoms with Gasteiger partial charge in [0, 0.05) is 11.6 Å². The van der Waals surface area contributed by atoms with Crippen LogP contribution in [0.15, 0.2) is 36.5 Å². The van der Waals surface area contributed by atoms with Crippen LogP contribution in [-0.4, -0.2) is 22.1 Å². The molecular weight excluding hydrogens is 275 g/mol. The Bertz CT molecular complexity index is 529. The van der Waals surface area contributed by atoms with E-state index < -0.39 is 12.0 Å². The van der Waals surface area contributed by atoms with Gasteiger partial charge >= 0.3 is 5.97 Å². The molecule has 0 spiro atoms. The molecule has 0 bridgehead atoms. The molecule has 1 atom stereocenters. The summed E-state index contributed by atoms with van der Waals surface area (Å²) in [5.41, 5.74) is 7.30. The highest BCUT2D eigenvalue weighted by Gasteiger charge is 2.13. The van der Waals surface area contributed by atoms with Crippen LogP contribution in [0.3, 0.4) is 0 Å². The van der Waals surface area contributed by atoms with Crippen LogP contribution in [0.4, 0.5) is 0 Å².